The third kappa shape index (κ3) is 4.34. The number of nitrogens with zero attached hydrogens (tertiary/aromatic N) is 1. The molecule has 0 fully saturated rings. The molecule has 1 heterocycles. The number of benzene rings is 3. The highest BCUT2D eigenvalue weighted by molar-refractivity contribution is 7.92. The van der Waals surface area contributed by atoms with Gasteiger partial charge in [0.05, 0.1) is 10.6 Å². The van der Waals surface area contributed by atoms with Crippen molar-refractivity contribution in [3.8, 4) is 11.5 Å². The van der Waals surface area contributed by atoms with Crippen LogP contribution in [0.5, 0.6) is 11.5 Å². The molecule has 160 valence electrons. The number of ether oxygens (including phenoxy) is 2. The van der Waals surface area contributed by atoms with Crippen LogP contribution in [0, 0.1) is 6.92 Å². The molecule has 0 atom stereocenters. The van der Waals surface area contributed by atoms with Gasteiger partial charge in [-0.15, -0.1) is 0 Å². The topological polar surface area (TPSA) is 84.9 Å². The molecule has 0 spiro atoms. The van der Waals surface area contributed by atoms with Crippen LogP contribution in [-0.4, -0.2) is 34.6 Å². The Morgan fingerprint density at radius 2 is 1.68 bits per heavy atom. The van der Waals surface area contributed by atoms with Gasteiger partial charge >= 0.3 is 0 Å². The van der Waals surface area contributed by atoms with Crippen LogP contribution in [0.3, 0.4) is 0 Å². The van der Waals surface area contributed by atoms with Crippen molar-refractivity contribution in [2.45, 2.75) is 11.8 Å². The Morgan fingerprint density at radius 3 is 2.45 bits per heavy atom. The molecule has 3 aromatic rings. The van der Waals surface area contributed by atoms with E-state index in [4.69, 9.17) is 9.47 Å². The van der Waals surface area contributed by atoms with Gasteiger partial charge < -0.3 is 14.8 Å². The van der Waals surface area contributed by atoms with Crippen molar-refractivity contribution in [1.82, 2.24) is 0 Å². The van der Waals surface area contributed by atoms with E-state index in [-0.39, 0.29) is 10.5 Å². The first-order valence-electron chi connectivity index (χ1n) is 9.71. The molecule has 31 heavy (non-hydrogen) atoms. The number of hydrogen-bond donors (Lipinski definition) is 1. The number of carbonyl (C=O) groups is 1. The summed E-state index contributed by atoms with van der Waals surface area (Å²) >= 11 is 0. The molecule has 8 heteroatoms. The Bertz CT molecular complexity index is 1240. The smallest absolute Gasteiger partial charge is 0.264 e. The van der Waals surface area contributed by atoms with E-state index in [9.17, 15) is 13.2 Å². The Labute approximate surface area is 181 Å². The monoisotopic (exact) mass is 438 g/mol. The van der Waals surface area contributed by atoms with Gasteiger partial charge in [0.15, 0.2) is 11.5 Å². The van der Waals surface area contributed by atoms with E-state index in [0.717, 1.165) is 5.56 Å². The minimum absolute atomic E-state index is 0.0336. The summed E-state index contributed by atoms with van der Waals surface area (Å²) in [6.45, 7) is 2.82. The van der Waals surface area contributed by atoms with E-state index in [2.05, 4.69) is 5.32 Å². The third-order valence-corrected chi connectivity index (χ3v) is 6.70. The van der Waals surface area contributed by atoms with Crippen molar-refractivity contribution in [3.05, 3.63) is 77.9 Å². The fraction of sp³-hybridized carbons (Fsp3) is 0.174. The van der Waals surface area contributed by atoms with Crippen LogP contribution in [-0.2, 0) is 10.0 Å². The van der Waals surface area contributed by atoms with Crippen LogP contribution in [0.25, 0.3) is 0 Å². The number of nitrogens with one attached hydrogen (secondary N) is 1. The first-order valence-corrected chi connectivity index (χ1v) is 11.2. The molecular formula is C23H22N2O5S. The van der Waals surface area contributed by atoms with Crippen molar-refractivity contribution >= 4 is 27.3 Å². The highest BCUT2D eigenvalue weighted by Crippen LogP contribution is 2.32. The predicted octanol–water partition coefficient (Wildman–Crippen LogP) is 3.84. The van der Waals surface area contributed by atoms with Crippen molar-refractivity contribution < 1.29 is 22.7 Å². The van der Waals surface area contributed by atoms with Gasteiger partial charge in [-0.2, -0.15) is 0 Å². The number of sulfonamides is 1. The van der Waals surface area contributed by atoms with Crippen molar-refractivity contribution in [2.24, 2.45) is 0 Å². The second-order valence-electron chi connectivity index (χ2n) is 7.15. The molecular weight excluding hydrogens is 416 g/mol. The van der Waals surface area contributed by atoms with Gasteiger partial charge in [-0.3, -0.25) is 9.10 Å². The number of rotatable bonds is 5. The summed E-state index contributed by atoms with van der Waals surface area (Å²) in [4.78, 5) is 12.8. The van der Waals surface area contributed by atoms with Crippen LogP contribution in [0.4, 0.5) is 11.4 Å². The number of anilines is 2. The molecule has 7 nitrogen and oxygen atoms in total. The fourth-order valence-corrected chi connectivity index (χ4v) is 4.48. The molecule has 3 aromatic carbocycles. The lowest BCUT2D eigenvalue weighted by molar-refractivity contribution is 0.102. The lowest BCUT2D eigenvalue weighted by Gasteiger charge is -2.20. The molecule has 1 N–H and O–H groups in total. The van der Waals surface area contributed by atoms with Gasteiger partial charge in [0, 0.05) is 24.4 Å². The summed E-state index contributed by atoms with van der Waals surface area (Å²) in [6, 6.07) is 18.3. The number of aryl methyl sites for hydroxylation is 1. The highest BCUT2D eigenvalue weighted by atomic mass is 32.2. The molecule has 0 saturated carbocycles. The zero-order valence-corrected chi connectivity index (χ0v) is 18.0. The van der Waals surface area contributed by atoms with Crippen LogP contribution in [0.1, 0.15) is 15.9 Å². The summed E-state index contributed by atoms with van der Waals surface area (Å²) in [7, 11) is -2.34. The van der Waals surface area contributed by atoms with Crippen molar-refractivity contribution in [1.29, 1.82) is 0 Å². The molecule has 0 aliphatic carbocycles. The van der Waals surface area contributed by atoms with Crippen molar-refractivity contribution in [2.75, 3.05) is 29.9 Å². The van der Waals surface area contributed by atoms with Gasteiger partial charge in [-0.25, -0.2) is 8.42 Å². The van der Waals surface area contributed by atoms with E-state index in [1.54, 1.807) is 48.5 Å². The van der Waals surface area contributed by atoms with E-state index < -0.39 is 15.9 Å². The fourth-order valence-electron chi connectivity index (χ4n) is 3.24. The number of hydrogen-bond acceptors (Lipinski definition) is 5. The maximum absolute atomic E-state index is 13.1. The summed E-state index contributed by atoms with van der Waals surface area (Å²) in [5, 5.41) is 2.77. The molecule has 0 aromatic heterocycles. The third-order valence-electron chi connectivity index (χ3n) is 4.92. The van der Waals surface area contributed by atoms with E-state index in [0.29, 0.717) is 36.1 Å². The second-order valence-corrected chi connectivity index (χ2v) is 9.12. The lowest BCUT2D eigenvalue weighted by Crippen LogP contribution is -2.27. The first-order chi connectivity index (χ1) is 14.8. The minimum atomic E-state index is -3.83. The maximum atomic E-state index is 13.1. The average molecular weight is 439 g/mol. The SMILES string of the molecule is Cc1cccc(N(C)S(=O)(=O)c2cccc(C(=O)Nc3ccc4c(c3)OCCO4)c2)c1. The molecule has 0 bridgehead atoms. The number of amides is 1. The van der Waals surface area contributed by atoms with Gasteiger partial charge in [0.25, 0.3) is 15.9 Å². The van der Waals surface area contributed by atoms with Crippen molar-refractivity contribution in [3.63, 3.8) is 0 Å². The maximum Gasteiger partial charge on any atom is 0.264 e. The van der Waals surface area contributed by atoms with E-state index in [1.165, 1.54) is 23.5 Å². The minimum Gasteiger partial charge on any atom is -0.486 e. The molecule has 1 amide bonds. The lowest BCUT2D eigenvalue weighted by atomic mass is 10.2. The van der Waals surface area contributed by atoms with Crippen LogP contribution >= 0.6 is 0 Å². The normalized spacial score (nSPS) is 12.8. The Kier molecular flexibility index (Phi) is 5.56. The predicted molar refractivity (Wildman–Crippen MR) is 119 cm³/mol. The van der Waals surface area contributed by atoms with E-state index in [1.807, 2.05) is 13.0 Å². The molecule has 1 aliphatic heterocycles. The Balaban J connectivity index is 1.57. The van der Waals surface area contributed by atoms with E-state index >= 15 is 0 Å². The molecule has 1 aliphatic rings. The highest BCUT2D eigenvalue weighted by Gasteiger charge is 2.23. The summed E-state index contributed by atoms with van der Waals surface area (Å²) < 4.78 is 38.4. The quantitative estimate of drug-likeness (QED) is 0.654. The summed E-state index contributed by atoms with van der Waals surface area (Å²) in [5.74, 6) is 0.753. The zero-order chi connectivity index (χ0) is 22.0. The first kappa shape index (κ1) is 20.7. The Hall–Kier alpha value is -3.52. The molecule has 0 radical (unpaired) electrons. The van der Waals surface area contributed by atoms with Crippen LogP contribution in [0.15, 0.2) is 71.6 Å². The Morgan fingerprint density at radius 1 is 0.935 bits per heavy atom. The average Bonchev–Trinajstić information content (AvgIpc) is 2.78. The second kappa shape index (κ2) is 8.31. The van der Waals surface area contributed by atoms with Gasteiger partial charge in [0.2, 0.25) is 0 Å². The largest absolute Gasteiger partial charge is 0.486 e. The van der Waals surface area contributed by atoms with Gasteiger partial charge in [-0.1, -0.05) is 18.2 Å². The molecule has 0 saturated heterocycles. The standard InChI is InChI=1S/C23H22N2O5S/c1-16-5-3-7-19(13-16)25(2)31(27,28)20-8-4-6-17(14-20)23(26)24-18-9-10-21-22(15-18)30-12-11-29-21/h3-10,13-15H,11-12H2,1-2H3,(H,24,26). The summed E-state index contributed by atoms with van der Waals surface area (Å²) in [5.41, 5.74) is 2.26. The summed E-state index contributed by atoms with van der Waals surface area (Å²) in [6.07, 6.45) is 0. The van der Waals surface area contributed by atoms with Gasteiger partial charge in [-0.05, 0) is 55.0 Å². The number of carbonyl (C=O) groups excluding carboxylic acids is 1. The van der Waals surface area contributed by atoms with Gasteiger partial charge in [0.1, 0.15) is 13.2 Å². The van der Waals surface area contributed by atoms with Crippen LogP contribution in [0.2, 0.25) is 0 Å². The molecule has 0 unspecified atom stereocenters. The van der Waals surface area contributed by atoms with Crippen LogP contribution < -0.4 is 19.1 Å². The zero-order valence-electron chi connectivity index (χ0n) is 17.2. The number of fused-ring (bicyclic) bond motifs is 1. The molecule has 4 rings (SSSR count).